The maximum atomic E-state index is 12.9. The Balaban J connectivity index is 4.27. The lowest BCUT2D eigenvalue weighted by Crippen LogP contribution is -2.30. The molecule has 5 heteroatoms. The minimum absolute atomic E-state index is 0.0815. The van der Waals surface area contributed by atoms with Crippen LogP contribution in [0, 0.1) is 0 Å². The van der Waals surface area contributed by atoms with Gasteiger partial charge in [-0.1, -0.05) is 249 Å². The molecule has 0 aliphatic carbocycles. The highest BCUT2D eigenvalue weighted by atomic mass is 16.6. The highest BCUT2D eigenvalue weighted by Gasteiger charge is 2.17. The molecule has 0 saturated carbocycles. The van der Waals surface area contributed by atoms with Gasteiger partial charge >= 0.3 is 11.9 Å². The van der Waals surface area contributed by atoms with Gasteiger partial charge in [-0.05, 0) is 103 Å². The molecule has 5 nitrogen and oxygen atoms in total. The van der Waals surface area contributed by atoms with E-state index in [1.165, 1.54) is 231 Å². The molecule has 0 aliphatic heterocycles. The Bertz CT molecular complexity index is 1120. The van der Waals surface area contributed by atoms with Gasteiger partial charge in [0.2, 0.25) is 0 Å². The number of hydrogen-bond acceptors (Lipinski definition) is 5. The van der Waals surface area contributed by atoms with Crippen LogP contribution < -0.4 is 0 Å². The smallest absolute Gasteiger partial charge is 0.306 e. The van der Waals surface area contributed by atoms with Crippen LogP contribution in [0.2, 0.25) is 0 Å². The third-order valence-corrected chi connectivity index (χ3v) is 13.3. The van der Waals surface area contributed by atoms with Gasteiger partial charge in [0.15, 0.2) is 6.10 Å². The summed E-state index contributed by atoms with van der Waals surface area (Å²) in [7, 11) is 0. The molecule has 398 valence electrons. The number of unbranched alkanes of at least 4 members (excludes halogenated alkanes) is 37. The molecule has 0 aromatic carbocycles. The van der Waals surface area contributed by atoms with E-state index < -0.39 is 6.10 Å². The second kappa shape index (κ2) is 59.2. The van der Waals surface area contributed by atoms with Crippen LogP contribution in [0.1, 0.15) is 316 Å². The molecule has 0 aliphatic rings. The summed E-state index contributed by atoms with van der Waals surface area (Å²) in [5.74, 6) is -0.395. The second-order valence-corrected chi connectivity index (χ2v) is 20.2. The maximum Gasteiger partial charge on any atom is 0.306 e. The van der Waals surface area contributed by atoms with Gasteiger partial charge in [-0.25, -0.2) is 0 Å². The van der Waals surface area contributed by atoms with Gasteiger partial charge in [-0.3, -0.25) is 9.59 Å². The summed E-state index contributed by atoms with van der Waals surface area (Å²) in [6, 6.07) is 0. The molecule has 0 rings (SSSR count). The molecule has 0 heterocycles. The molecule has 0 fully saturated rings. The average Bonchev–Trinajstić information content (AvgIpc) is 3.34. The summed E-state index contributed by atoms with van der Waals surface area (Å²) in [6.45, 7) is 7.83. The lowest BCUT2D eigenvalue weighted by Gasteiger charge is -2.18. The highest BCUT2D eigenvalue weighted by Crippen LogP contribution is 2.15. The van der Waals surface area contributed by atoms with Gasteiger partial charge in [0.25, 0.3) is 0 Å². The number of carbonyl (C=O) groups excluding carboxylic acids is 2. The predicted octanol–water partition coefficient (Wildman–Crippen LogP) is 20.7. The van der Waals surface area contributed by atoms with Crippen LogP contribution in [-0.4, -0.2) is 37.9 Å². The van der Waals surface area contributed by atoms with Crippen molar-refractivity contribution in [2.75, 3.05) is 19.8 Å². The van der Waals surface area contributed by atoms with Gasteiger partial charge < -0.3 is 14.2 Å². The lowest BCUT2D eigenvalue weighted by molar-refractivity contribution is -0.163. The van der Waals surface area contributed by atoms with E-state index in [-0.39, 0.29) is 25.2 Å². The summed E-state index contributed by atoms with van der Waals surface area (Å²) in [5, 5.41) is 0. The standard InChI is InChI=1S/C63H116O5/c1-4-7-10-13-16-19-22-25-28-31-34-37-40-43-46-49-52-55-58-66-59-61(68-63(65)57-54-51-48-45-42-39-36-33-30-27-24-21-18-15-12-9-6-3)60-67-62(64)56-53-50-47-44-41-38-35-32-29-26-23-20-17-14-11-8-5-2/h16,19,25-30,61H,4-15,17-18,20-24,31-60H2,1-3H3/b19-16-,28-25-,29-26-,30-27-. The minimum Gasteiger partial charge on any atom is -0.462 e. The third-order valence-electron chi connectivity index (χ3n) is 13.3. The second-order valence-electron chi connectivity index (χ2n) is 20.2. The van der Waals surface area contributed by atoms with E-state index in [4.69, 9.17) is 14.2 Å². The molecule has 0 aromatic heterocycles. The fraction of sp³-hybridized carbons (Fsp3) is 0.841. The summed E-state index contributed by atoms with van der Waals surface area (Å²) >= 11 is 0. The molecule has 0 aromatic rings. The molecule has 1 atom stereocenters. The molecule has 0 saturated heterocycles. The van der Waals surface area contributed by atoms with Crippen LogP contribution in [0.3, 0.4) is 0 Å². The topological polar surface area (TPSA) is 61.8 Å². The largest absolute Gasteiger partial charge is 0.462 e. The predicted molar refractivity (Wildman–Crippen MR) is 298 cm³/mol. The van der Waals surface area contributed by atoms with Crippen molar-refractivity contribution in [1.29, 1.82) is 0 Å². The average molecular weight is 954 g/mol. The normalized spacial score (nSPS) is 12.5. The fourth-order valence-corrected chi connectivity index (χ4v) is 8.77. The van der Waals surface area contributed by atoms with Crippen molar-refractivity contribution in [2.45, 2.75) is 322 Å². The Kier molecular flexibility index (Phi) is 57.3. The first kappa shape index (κ1) is 65.9. The van der Waals surface area contributed by atoms with Gasteiger partial charge in [-0.15, -0.1) is 0 Å². The van der Waals surface area contributed by atoms with Crippen LogP contribution in [0.5, 0.6) is 0 Å². The van der Waals surface area contributed by atoms with Gasteiger partial charge in [0.05, 0.1) is 6.61 Å². The molecule has 0 radical (unpaired) electrons. The lowest BCUT2D eigenvalue weighted by atomic mass is 10.1. The van der Waals surface area contributed by atoms with Crippen LogP contribution in [0.15, 0.2) is 48.6 Å². The van der Waals surface area contributed by atoms with Crippen molar-refractivity contribution < 1.29 is 23.8 Å². The van der Waals surface area contributed by atoms with Crippen molar-refractivity contribution >= 4 is 11.9 Å². The summed E-state index contributed by atoms with van der Waals surface area (Å²) < 4.78 is 17.5. The molecule has 1 unspecified atom stereocenters. The Morgan fingerprint density at radius 2 is 0.618 bits per heavy atom. The minimum atomic E-state index is -0.543. The highest BCUT2D eigenvalue weighted by molar-refractivity contribution is 5.70. The van der Waals surface area contributed by atoms with E-state index in [1.807, 2.05) is 0 Å². The summed E-state index contributed by atoms with van der Waals surface area (Å²) in [4.78, 5) is 25.6. The number of ether oxygens (including phenoxy) is 3. The fourth-order valence-electron chi connectivity index (χ4n) is 8.77. The van der Waals surface area contributed by atoms with E-state index in [0.717, 1.165) is 51.4 Å². The maximum absolute atomic E-state index is 12.9. The molecular formula is C63H116O5. The Morgan fingerprint density at radius 1 is 0.324 bits per heavy atom. The first-order valence-corrected chi connectivity index (χ1v) is 30.2. The zero-order chi connectivity index (χ0) is 49.2. The Labute approximate surface area is 424 Å². The molecule has 0 amide bonds. The number of rotatable bonds is 56. The molecule has 0 bridgehead atoms. The monoisotopic (exact) mass is 953 g/mol. The number of allylic oxidation sites excluding steroid dienone is 8. The zero-order valence-corrected chi connectivity index (χ0v) is 45.9. The van der Waals surface area contributed by atoms with E-state index in [2.05, 4.69) is 69.4 Å². The van der Waals surface area contributed by atoms with Crippen molar-refractivity contribution in [3.63, 3.8) is 0 Å². The van der Waals surface area contributed by atoms with Crippen LogP contribution in [0.4, 0.5) is 0 Å². The van der Waals surface area contributed by atoms with Crippen LogP contribution in [0.25, 0.3) is 0 Å². The van der Waals surface area contributed by atoms with Crippen molar-refractivity contribution in [2.24, 2.45) is 0 Å². The number of carbonyl (C=O) groups is 2. The molecular weight excluding hydrogens is 837 g/mol. The summed E-state index contributed by atoms with van der Waals surface area (Å²) in [6.07, 6.45) is 74.2. The first-order valence-electron chi connectivity index (χ1n) is 30.2. The van der Waals surface area contributed by atoms with E-state index >= 15 is 0 Å². The van der Waals surface area contributed by atoms with Crippen molar-refractivity contribution in [1.82, 2.24) is 0 Å². The van der Waals surface area contributed by atoms with Gasteiger partial charge in [-0.2, -0.15) is 0 Å². The quantitative estimate of drug-likeness (QED) is 0.0345. The molecule has 68 heavy (non-hydrogen) atoms. The third kappa shape index (κ3) is 56.4. The van der Waals surface area contributed by atoms with E-state index in [1.54, 1.807) is 0 Å². The first-order chi connectivity index (χ1) is 33.6. The van der Waals surface area contributed by atoms with Crippen LogP contribution >= 0.6 is 0 Å². The van der Waals surface area contributed by atoms with Gasteiger partial charge in [0, 0.05) is 19.4 Å². The van der Waals surface area contributed by atoms with Gasteiger partial charge in [0.1, 0.15) is 6.61 Å². The summed E-state index contributed by atoms with van der Waals surface area (Å²) in [5.41, 5.74) is 0. The zero-order valence-electron chi connectivity index (χ0n) is 45.9. The SMILES string of the molecule is CCCCC/C=C\C/C=C\CCCCCCCCCCOCC(COC(=O)CCCCCCCCC/C=C\CCCCCCCC)OC(=O)CCCCCCCCC/C=C\CCCCCCCC. The van der Waals surface area contributed by atoms with Crippen molar-refractivity contribution in [3.05, 3.63) is 48.6 Å². The number of esters is 2. The molecule has 0 N–H and O–H groups in total. The molecule has 0 spiro atoms. The number of hydrogen-bond donors (Lipinski definition) is 0. The Hall–Kier alpha value is -2.14. The van der Waals surface area contributed by atoms with E-state index in [0.29, 0.717) is 19.4 Å². The Morgan fingerprint density at radius 3 is 1.01 bits per heavy atom. The van der Waals surface area contributed by atoms with Crippen molar-refractivity contribution in [3.8, 4) is 0 Å². The van der Waals surface area contributed by atoms with Crippen LogP contribution in [-0.2, 0) is 23.8 Å². The van der Waals surface area contributed by atoms with E-state index in [9.17, 15) is 9.59 Å².